The van der Waals surface area contributed by atoms with Gasteiger partial charge in [0.15, 0.2) is 11.6 Å². The van der Waals surface area contributed by atoms with E-state index in [-0.39, 0.29) is 24.2 Å². The zero-order valence-corrected chi connectivity index (χ0v) is 14.1. The smallest absolute Gasteiger partial charge is 0.313 e. The molecule has 1 aliphatic rings. The maximum absolute atomic E-state index is 13.1. The lowest BCUT2D eigenvalue weighted by atomic mass is 9.80. The Balaban J connectivity index is 1.86. The van der Waals surface area contributed by atoms with Crippen LogP contribution in [-0.2, 0) is 19.1 Å². The molecule has 0 saturated carbocycles. The van der Waals surface area contributed by atoms with Crippen molar-refractivity contribution in [2.45, 2.75) is 17.7 Å². The van der Waals surface area contributed by atoms with Crippen LogP contribution in [0.5, 0.6) is 0 Å². The number of hydrogen-bond acceptors (Lipinski definition) is 5. The number of benzene rings is 1. The molecule has 1 amide bonds. The van der Waals surface area contributed by atoms with Gasteiger partial charge in [-0.2, -0.15) is 0 Å². The first kappa shape index (κ1) is 18.7. The second-order valence-corrected chi connectivity index (χ2v) is 6.57. The quantitative estimate of drug-likeness (QED) is 0.623. The number of rotatable bonds is 6. The van der Waals surface area contributed by atoms with Crippen LogP contribution in [0.25, 0.3) is 0 Å². The third-order valence-corrected chi connectivity index (χ3v) is 4.95. The largest absolute Gasteiger partial charge is 0.469 e. The molecule has 0 bridgehead atoms. The molecular weight excluding hydrogens is 340 g/mol. The predicted octanol–water partition coefficient (Wildman–Crippen LogP) is 2.14. The number of thioether (sulfide) groups is 1. The SMILES string of the molecule is COC(=O)C1(CNC(=O)CSc2ccc(F)c(F)c2)CCOCC1. The average Bonchev–Trinajstić information content (AvgIpc) is 2.61. The highest BCUT2D eigenvalue weighted by atomic mass is 32.2. The van der Waals surface area contributed by atoms with Crippen LogP contribution in [0.1, 0.15) is 12.8 Å². The summed E-state index contributed by atoms with van der Waals surface area (Å²) in [6.45, 7) is 1.04. The number of methoxy groups -OCH3 is 1. The Morgan fingerprint density at radius 3 is 2.62 bits per heavy atom. The number of carbonyl (C=O) groups excluding carboxylic acids is 2. The maximum Gasteiger partial charge on any atom is 0.313 e. The molecular formula is C16H19F2NO4S. The Morgan fingerprint density at radius 1 is 1.29 bits per heavy atom. The van der Waals surface area contributed by atoms with Crippen LogP contribution >= 0.6 is 11.8 Å². The van der Waals surface area contributed by atoms with E-state index >= 15 is 0 Å². The highest BCUT2D eigenvalue weighted by Crippen LogP contribution is 2.31. The van der Waals surface area contributed by atoms with Gasteiger partial charge in [-0.15, -0.1) is 11.8 Å². The van der Waals surface area contributed by atoms with Crippen molar-refractivity contribution < 1.29 is 27.8 Å². The fourth-order valence-electron chi connectivity index (χ4n) is 2.47. The Hall–Kier alpha value is -1.67. The van der Waals surface area contributed by atoms with Gasteiger partial charge in [0.2, 0.25) is 5.91 Å². The summed E-state index contributed by atoms with van der Waals surface area (Å²) < 4.78 is 36.1. The van der Waals surface area contributed by atoms with Crippen LogP contribution in [0.4, 0.5) is 8.78 Å². The lowest BCUT2D eigenvalue weighted by Crippen LogP contribution is -2.47. The van der Waals surface area contributed by atoms with Gasteiger partial charge in [0, 0.05) is 24.7 Å². The lowest BCUT2D eigenvalue weighted by Gasteiger charge is -2.34. The fourth-order valence-corrected chi connectivity index (χ4v) is 3.22. The number of nitrogens with one attached hydrogen (secondary N) is 1. The van der Waals surface area contributed by atoms with Crippen molar-refractivity contribution in [3.63, 3.8) is 0 Å². The summed E-state index contributed by atoms with van der Waals surface area (Å²) in [5.41, 5.74) is -0.769. The van der Waals surface area contributed by atoms with Crippen LogP contribution < -0.4 is 5.32 Å². The summed E-state index contributed by atoms with van der Waals surface area (Å²) in [4.78, 5) is 24.5. The van der Waals surface area contributed by atoms with E-state index in [1.54, 1.807) is 0 Å². The third-order valence-electron chi connectivity index (χ3n) is 3.95. The molecule has 1 aromatic rings. The molecule has 24 heavy (non-hydrogen) atoms. The molecule has 1 saturated heterocycles. The minimum absolute atomic E-state index is 0.0405. The maximum atomic E-state index is 13.1. The van der Waals surface area contributed by atoms with Crippen LogP contribution in [-0.4, -0.2) is 44.5 Å². The van der Waals surface area contributed by atoms with Crippen molar-refractivity contribution in [3.05, 3.63) is 29.8 Å². The summed E-state index contributed by atoms with van der Waals surface area (Å²) in [5, 5.41) is 2.72. The minimum atomic E-state index is -0.952. The minimum Gasteiger partial charge on any atom is -0.469 e. The molecule has 0 aliphatic carbocycles. The van der Waals surface area contributed by atoms with Crippen molar-refractivity contribution in [2.24, 2.45) is 5.41 Å². The molecule has 1 N–H and O–H groups in total. The zero-order chi connectivity index (χ0) is 17.6. The van der Waals surface area contributed by atoms with Crippen molar-refractivity contribution in [3.8, 4) is 0 Å². The van der Waals surface area contributed by atoms with Crippen LogP contribution in [0.3, 0.4) is 0 Å². The third kappa shape index (κ3) is 4.67. The van der Waals surface area contributed by atoms with E-state index < -0.39 is 17.0 Å². The van der Waals surface area contributed by atoms with Crippen molar-refractivity contribution in [1.29, 1.82) is 0 Å². The molecule has 8 heteroatoms. The predicted molar refractivity (Wildman–Crippen MR) is 84.6 cm³/mol. The molecule has 1 aliphatic heterocycles. The number of hydrogen-bond donors (Lipinski definition) is 1. The molecule has 1 fully saturated rings. The Bertz CT molecular complexity index is 606. The summed E-state index contributed by atoms with van der Waals surface area (Å²) in [6, 6.07) is 3.47. The van der Waals surface area contributed by atoms with Crippen molar-refractivity contribution in [2.75, 3.05) is 32.6 Å². The van der Waals surface area contributed by atoms with E-state index in [2.05, 4.69) is 5.32 Å². The highest BCUT2D eigenvalue weighted by Gasteiger charge is 2.41. The first-order valence-corrected chi connectivity index (χ1v) is 8.46. The van der Waals surface area contributed by atoms with E-state index in [4.69, 9.17) is 9.47 Å². The first-order chi connectivity index (χ1) is 11.5. The molecule has 1 heterocycles. The van der Waals surface area contributed by atoms with Gasteiger partial charge in [-0.3, -0.25) is 9.59 Å². The van der Waals surface area contributed by atoms with Crippen molar-refractivity contribution >= 4 is 23.6 Å². The Kier molecular flexibility index (Phi) is 6.56. The molecule has 1 aromatic carbocycles. The highest BCUT2D eigenvalue weighted by molar-refractivity contribution is 8.00. The number of ether oxygens (including phenoxy) is 2. The fraction of sp³-hybridized carbons (Fsp3) is 0.500. The van der Waals surface area contributed by atoms with E-state index in [0.29, 0.717) is 31.0 Å². The topological polar surface area (TPSA) is 64.6 Å². The van der Waals surface area contributed by atoms with Crippen LogP contribution in [0.2, 0.25) is 0 Å². The van der Waals surface area contributed by atoms with E-state index in [1.165, 1.54) is 13.2 Å². The van der Waals surface area contributed by atoms with Crippen LogP contribution in [0, 0.1) is 17.0 Å². The van der Waals surface area contributed by atoms with Gasteiger partial charge in [0.05, 0.1) is 18.3 Å². The summed E-state index contributed by atoms with van der Waals surface area (Å²) >= 11 is 1.09. The lowest BCUT2D eigenvalue weighted by molar-refractivity contribution is -0.158. The number of amides is 1. The van der Waals surface area contributed by atoms with Gasteiger partial charge in [0.25, 0.3) is 0 Å². The molecule has 0 atom stereocenters. The second kappa shape index (κ2) is 8.43. The van der Waals surface area contributed by atoms with Gasteiger partial charge >= 0.3 is 5.97 Å². The van der Waals surface area contributed by atoms with Gasteiger partial charge in [-0.25, -0.2) is 8.78 Å². The summed E-state index contributed by atoms with van der Waals surface area (Å²) in [7, 11) is 1.32. The molecule has 0 spiro atoms. The van der Waals surface area contributed by atoms with Gasteiger partial charge < -0.3 is 14.8 Å². The molecule has 132 valence electrons. The molecule has 0 radical (unpaired) electrons. The van der Waals surface area contributed by atoms with Gasteiger partial charge in [-0.1, -0.05) is 0 Å². The number of esters is 1. The van der Waals surface area contributed by atoms with E-state index in [0.717, 1.165) is 23.9 Å². The first-order valence-electron chi connectivity index (χ1n) is 7.47. The standard InChI is InChI=1S/C16H19F2NO4S/c1-22-15(21)16(4-6-23-7-5-16)10-19-14(20)9-24-11-2-3-12(17)13(18)8-11/h2-3,8H,4-7,9-10H2,1H3,(H,19,20). The van der Waals surface area contributed by atoms with Crippen LogP contribution in [0.15, 0.2) is 23.1 Å². The molecule has 2 rings (SSSR count). The molecule has 0 aromatic heterocycles. The van der Waals surface area contributed by atoms with Gasteiger partial charge in [-0.05, 0) is 31.0 Å². The van der Waals surface area contributed by atoms with Gasteiger partial charge in [0.1, 0.15) is 0 Å². The Morgan fingerprint density at radius 2 is 2.00 bits per heavy atom. The van der Waals surface area contributed by atoms with E-state index in [9.17, 15) is 18.4 Å². The molecule has 5 nitrogen and oxygen atoms in total. The molecule has 0 unspecified atom stereocenters. The Labute approximate surface area is 143 Å². The number of carbonyl (C=O) groups is 2. The van der Waals surface area contributed by atoms with Crippen molar-refractivity contribution in [1.82, 2.24) is 5.32 Å². The normalized spacial score (nSPS) is 16.5. The van der Waals surface area contributed by atoms with E-state index in [1.807, 2.05) is 0 Å². The summed E-state index contributed by atoms with van der Waals surface area (Å²) in [6.07, 6.45) is 0.965. The average molecular weight is 359 g/mol. The number of halogens is 2. The monoisotopic (exact) mass is 359 g/mol. The zero-order valence-electron chi connectivity index (χ0n) is 13.3. The second-order valence-electron chi connectivity index (χ2n) is 5.53. The summed E-state index contributed by atoms with van der Waals surface area (Å²) in [5.74, 6) is -2.49.